The summed E-state index contributed by atoms with van der Waals surface area (Å²) in [5, 5.41) is 12.7. The normalized spacial score (nSPS) is 21.4. The van der Waals surface area contributed by atoms with E-state index in [1.54, 1.807) is 0 Å². The average molecular weight is 342 g/mol. The van der Waals surface area contributed by atoms with Gasteiger partial charge in [-0.3, -0.25) is 14.6 Å². The molecule has 0 saturated carbocycles. The van der Waals surface area contributed by atoms with Gasteiger partial charge in [0.15, 0.2) is 0 Å². The molecule has 2 heterocycles. The molecule has 1 unspecified atom stereocenters. The summed E-state index contributed by atoms with van der Waals surface area (Å²) in [6.07, 6.45) is 1.81. The first-order valence-electron chi connectivity index (χ1n) is 9.04. The van der Waals surface area contributed by atoms with Gasteiger partial charge < -0.3 is 10.1 Å². The molecule has 6 heteroatoms. The lowest BCUT2D eigenvalue weighted by atomic mass is 10.1. The Morgan fingerprint density at radius 2 is 1.88 bits per heavy atom. The van der Waals surface area contributed by atoms with Gasteiger partial charge in [0.25, 0.3) is 0 Å². The number of carbonyl (C=O) groups excluding carboxylic acids is 1. The molecule has 134 valence electrons. The van der Waals surface area contributed by atoms with Crippen LogP contribution in [-0.2, 0) is 9.53 Å². The first-order valence-corrected chi connectivity index (χ1v) is 9.04. The van der Waals surface area contributed by atoms with Crippen molar-refractivity contribution in [1.82, 2.24) is 15.1 Å². The van der Waals surface area contributed by atoms with Crippen LogP contribution in [0.4, 0.5) is 0 Å². The highest BCUT2D eigenvalue weighted by Gasteiger charge is 2.26. The molecular formula is C19H26N4O2. The van der Waals surface area contributed by atoms with Crippen molar-refractivity contribution < 1.29 is 9.53 Å². The molecule has 0 bridgehead atoms. The number of hydrogen-bond donors (Lipinski definition) is 1. The third kappa shape index (κ3) is 5.02. The molecule has 1 aromatic rings. The number of rotatable bonds is 5. The maximum atomic E-state index is 12.2. The summed E-state index contributed by atoms with van der Waals surface area (Å²) >= 11 is 0. The zero-order valence-electron chi connectivity index (χ0n) is 14.6. The first kappa shape index (κ1) is 17.9. The molecule has 6 nitrogen and oxygen atoms in total. The van der Waals surface area contributed by atoms with E-state index in [1.807, 2.05) is 30.3 Å². The highest BCUT2D eigenvalue weighted by molar-refractivity contribution is 5.78. The van der Waals surface area contributed by atoms with Crippen LogP contribution in [0.1, 0.15) is 24.4 Å². The highest BCUT2D eigenvalue weighted by atomic mass is 16.5. The predicted octanol–water partition coefficient (Wildman–Crippen LogP) is 1.16. The zero-order chi connectivity index (χ0) is 17.5. The minimum absolute atomic E-state index is 0.0974. The van der Waals surface area contributed by atoms with Gasteiger partial charge in [0.2, 0.25) is 5.91 Å². The van der Waals surface area contributed by atoms with Crippen molar-refractivity contribution >= 4 is 5.91 Å². The van der Waals surface area contributed by atoms with E-state index in [1.165, 1.54) is 0 Å². The fraction of sp³-hybridized carbons (Fsp3) is 0.579. The lowest BCUT2D eigenvalue weighted by Crippen LogP contribution is -2.51. The summed E-state index contributed by atoms with van der Waals surface area (Å²) in [4.78, 5) is 16.6. The first-order chi connectivity index (χ1) is 12.3. The van der Waals surface area contributed by atoms with Gasteiger partial charge in [0, 0.05) is 45.4 Å². The summed E-state index contributed by atoms with van der Waals surface area (Å²) in [6.45, 7) is 5.14. The van der Waals surface area contributed by atoms with Crippen molar-refractivity contribution in [2.75, 3.05) is 45.9 Å². The maximum Gasteiger partial charge on any atom is 0.234 e. The molecule has 2 aliphatic heterocycles. The van der Waals surface area contributed by atoms with Crippen LogP contribution >= 0.6 is 0 Å². The Kier molecular flexibility index (Phi) is 6.40. The maximum absolute atomic E-state index is 12.2. The van der Waals surface area contributed by atoms with Gasteiger partial charge in [-0.25, -0.2) is 0 Å². The molecule has 2 aliphatic rings. The van der Waals surface area contributed by atoms with Crippen molar-refractivity contribution in [2.24, 2.45) is 0 Å². The average Bonchev–Trinajstić information content (AvgIpc) is 2.65. The second kappa shape index (κ2) is 8.95. The smallest absolute Gasteiger partial charge is 0.234 e. The van der Waals surface area contributed by atoms with Gasteiger partial charge in [-0.1, -0.05) is 30.3 Å². The lowest BCUT2D eigenvalue weighted by Gasteiger charge is -2.37. The van der Waals surface area contributed by atoms with Crippen molar-refractivity contribution in [1.29, 1.82) is 5.26 Å². The third-order valence-corrected chi connectivity index (χ3v) is 4.96. The third-order valence-electron chi connectivity index (χ3n) is 4.96. The summed E-state index contributed by atoms with van der Waals surface area (Å²) in [7, 11) is 0. The molecule has 1 aromatic carbocycles. The molecule has 0 aromatic heterocycles. The van der Waals surface area contributed by atoms with Crippen LogP contribution in [0.15, 0.2) is 30.3 Å². The Balaban J connectivity index is 1.45. The van der Waals surface area contributed by atoms with Crippen LogP contribution < -0.4 is 5.32 Å². The molecule has 0 radical (unpaired) electrons. The summed E-state index contributed by atoms with van der Waals surface area (Å²) in [6, 6.07) is 12.4. The molecule has 1 N–H and O–H groups in total. The molecule has 0 spiro atoms. The fourth-order valence-electron chi connectivity index (χ4n) is 3.50. The Labute approximate surface area is 149 Å². The van der Waals surface area contributed by atoms with E-state index in [-0.39, 0.29) is 18.0 Å². The molecular weight excluding hydrogens is 316 g/mol. The SMILES string of the molecule is N#CC(c1ccccc1)N1CCN(CC(=O)NC2CCOCC2)CC1. The van der Waals surface area contributed by atoms with Crippen molar-refractivity contribution in [3.8, 4) is 6.07 Å². The largest absolute Gasteiger partial charge is 0.381 e. The van der Waals surface area contributed by atoms with E-state index in [0.717, 1.165) is 57.8 Å². The topological polar surface area (TPSA) is 68.6 Å². The van der Waals surface area contributed by atoms with Gasteiger partial charge >= 0.3 is 0 Å². The van der Waals surface area contributed by atoms with E-state index < -0.39 is 0 Å². The van der Waals surface area contributed by atoms with Gasteiger partial charge in [0.05, 0.1) is 12.6 Å². The number of nitrogens with zero attached hydrogens (tertiary/aromatic N) is 3. The van der Waals surface area contributed by atoms with Crippen LogP contribution in [0, 0.1) is 11.3 Å². The Hall–Kier alpha value is -1.94. The van der Waals surface area contributed by atoms with E-state index in [2.05, 4.69) is 21.2 Å². The number of hydrogen-bond acceptors (Lipinski definition) is 5. The monoisotopic (exact) mass is 342 g/mol. The Morgan fingerprint density at radius 3 is 2.52 bits per heavy atom. The van der Waals surface area contributed by atoms with Crippen molar-refractivity contribution in [3.05, 3.63) is 35.9 Å². The molecule has 2 fully saturated rings. The number of carbonyl (C=O) groups is 1. The van der Waals surface area contributed by atoms with Crippen molar-refractivity contribution in [2.45, 2.75) is 24.9 Å². The quantitative estimate of drug-likeness (QED) is 0.870. The number of ether oxygens (including phenoxy) is 1. The van der Waals surface area contributed by atoms with E-state index >= 15 is 0 Å². The minimum atomic E-state index is -0.209. The summed E-state index contributed by atoms with van der Waals surface area (Å²) in [5.41, 5.74) is 1.04. The molecule has 3 rings (SSSR count). The number of benzene rings is 1. The number of piperazine rings is 1. The second-order valence-corrected chi connectivity index (χ2v) is 6.71. The number of nitriles is 1. The summed E-state index contributed by atoms with van der Waals surface area (Å²) < 4.78 is 5.32. The molecule has 0 aliphatic carbocycles. The van der Waals surface area contributed by atoms with Crippen molar-refractivity contribution in [3.63, 3.8) is 0 Å². The van der Waals surface area contributed by atoms with E-state index in [9.17, 15) is 10.1 Å². The van der Waals surface area contributed by atoms with Crippen LogP contribution in [0.2, 0.25) is 0 Å². The minimum Gasteiger partial charge on any atom is -0.381 e. The molecule has 1 amide bonds. The fourth-order valence-corrected chi connectivity index (χ4v) is 3.50. The van der Waals surface area contributed by atoms with Crippen LogP contribution in [0.3, 0.4) is 0 Å². The van der Waals surface area contributed by atoms with Crippen LogP contribution in [0.25, 0.3) is 0 Å². The highest BCUT2D eigenvalue weighted by Crippen LogP contribution is 2.21. The Bertz CT molecular complexity index is 587. The van der Waals surface area contributed by atoms with Crippen LogP contribution in [-0.4, -0.2) is 67.7 Å². The Morgan fingerprint density at radius 1 is 1.20 bits per heavy atom. The molecule has 25 heavy (non-hydrogen) atoms. The summed E-state index contributed by atoms with van der Waals surface area (Å²) in [5.74, 6) is 0.0974. The van der Waals surface area contributed by atoms with Gasteiger partial charge in [0.1, 0.15) is 6.04 Å². The van der Waals surface area contributed by atoms with Gasteiger partial charge in [-0.2, -0.15) is 5.26 Å². The van der Waals surface area contributed by atoms with E-state index in [4.69, 9.17) is 4.74 Å². The van der Waals surface area contributed by atoms with Crippen LogP contribution in [0.5, 0.6) is 0 Å². The number of nitrogens with one attached hydrogen (secondary N) is 1. The second-order valence-electron chi connectivity index (χ2n) is 6.71. The predicted molar refractivity (Wildman–Crippen MR) is 94.8 cm³/mol. The van der Waals surface area contributed by atoms with Gasteiger partial charge in [-0.15, -0.1) is 0 Å². The number of amides is 1. The lowest BCUT2D eigenvalue weighted by molar-refractivity contribution is -0.124. The zero-order valence-corrected chi connectivity index (χ0v) is 14.6. The van der Waals surface area contributed by atoms with E-state index in [0.29, 0.717) is 6.54 Å². The molecule has 1 atom stereocenters. The standard InChI is InChI=1S/C19H26N4O2/c20-14-18(16-4-2-1-3-5-16)23-10-8-22(9-11-23)15-19(24)21-17-6-12-25-13-7-17/h1-5,17-18H,6-13,15H2,(H,21,24). The molecule has 2 saturated heterocycles. The van der Waals surface area contributed by atoms with Gasteiger partial charge in [-0.05, 0) is 18.4 Å².